The lowest BCUT2D eigenvalue weighted by atomic mass is 10.0. The van der Waals surface area contributed by atoms with E-state index in [0.29, 0.717) is 34.4 Å². The number of aromatic nitrogens is 2. The fourth-order valence-corrected chi connectivity index (χ4v) is 4.52. The molecule has 7 nitrogen and oxygen atoms in total. The van der Waals surface area contributed by atoms with Crippen LogP contribution in [0.5, 0.6) is 0 Å². The fourth-order valence-electron chi connectivity index (χ4n) is 4.21. The van der Waals surface area contributed by atoms with Crippen LogP contribution >= 0.6 is 11.6 Å². The van der Waals surface area contributed by atoms with Crippen LogP contribution in [0.2, 0.25) is 5.02 Å². The Morgan fingerprint density at radius 3 is 2.55 bits per heavy atom. The molecule has 1 saturated carbocycles. The molecule has 1 aliphatic heterocycles. The number of benzene rings is 1. The zero-order valence-electron chi connectivity index (χ0n) is 18.4. The van der Waals surface area contributed by atoms with Gasteiger partial charge < -0.3 is 10.5 Å². The van der Waals surface area contributed by atoms with Crippen LogP contribution in [0.4, 0.5) is 4.79 Å². The van der Waals surface area contributed by atoms with Crippen molar-refractivity contribution in [2.45, 2.75) is 71.7 Å². The van der Waals surface area contributed by atoms with Gasteiger partial charge in [-0.05, 0) is 57.6 Å². The molecule has 2 aromatic rings. The number of hydrogen-bond donors (Lipinski definition) is 1. The summed E-state index contributed by atoms with van der Waals surface area (Å²) in [5.74, 6) is -0.149. The zero-order valence-corrected chi connectivity index (χ0v) is 19.2. The minimum absolute atomic E-state index is 0.0121. The number of fused-ring (bicyclic) bond motifs is 1. The largest absolute Gasteiger partial charge is 0.444 e. The number of aryl methyl sites for hydroxylation is 1. The first-order valence-electron chi connectivity index (χ1n) is 10.8. The maximum atomic E-state index is 13.0. The molecule has 4 rings (SSSR count). The molecule has 2 amide bonds. The molecule has 0 saturated heterocycles. The van der Waals surface area contributed by atoms with Crippen molar-refractivity contribution in [3.8, 4) is 11.3 Å². The highest BCUT2D eigenvalue weighted by molar-refractivity contribution is 6.31. The van der Waals surface area contributed by atoms with Crippen LogP contribution in [-0.4, -0.2) is 38.3 Å². The van der Waals surface area contributed by atoms with Crippen molar-refractivity contribution in [3.05, 3.63) is 40.0 Å². The number of ether oxygens (including phenoxy) is 1. The first kappa shape index (κ1) is 21.7. The van der Waals surface area contributed by atoms with E-state index in [-0.39, 0.29) is 18.7 Å². The first-order chi connectivity index (χ1) is 14.6. The second-order valence-electron chi connectivity index (χ2n) is 9.39. The van der Waals surface area contributed by atoms with Gasteiger partial charge in [0, 0.05) is 10.6 Å². The number of carbonyl (C=O) groups is 2. The van der Waals surface area contributed by atoms with E-state index in [9.17, 15) is 9.59 Å². The van der Waals surface area contributed by atoms with E-state index in [2.05, 4.69) is 0 Å². The summed E-state index contributed by atoms with van der Waals surface area (Å²) in [4.78, 5) is 27.2. The van der Waals surface area contributed by atoms with E-state index in [1.807, 2.05) is 50.6 Å². The van der Waals surface area contributed by atoms with Gasteiger partial charge in [-0.25, -0.2) is 4.79 Å². The van der Waals surface area contributed by atoms with Crippen molar-refractivity contribution in [1.82, 2.24) is 14.7 Å². The molecule has 1 atom stereocenters. The van der Waals surface area contributed by atoms with Crippen LogP contribution in [0, 0.1) is 5.92 Å². The van der Waals surface area contributed by atoms with E-state index in [1.165, 1.54) is 0 Å². The van der Waals surface area contributed by atoms with Crippen molar-refractivity contribution < 1.29 is 14.3 Å². The molecular weight excluding hydrogens is 416 g/mol. The van der Waals surface area contributed by atoms with Gasteiger partial charge in [-0.2, -0.15) is 5.10 Å². The molecule has 2 aliphatic rings. The zero-order chi connectivity index (χ0) is 22.5. The number of hydrogen-bond acceptors (Lipinski definition) is 4. The van der Waals surface area contributed by atoms with Crippen LogP contribution < -0.4 is 5.73 Å². The maximum Gasteiger partial charge on any atom is 0.410 e. The number of primary amides is 1. The molecule has 0 bridgehead atoms. The lowest BCUT2D eigenvalue weighted by Gasteiger charge is -2.37. The monoisotopic (exact) mass is 444 g/mol. The summed E-state index contributed by atoms with van der Waals surface area (Å²) in [6, 6.07) is 5.67. The molecule has 0 radical (unpaired) electrons. The Labute approximate surface area is 187 Å². The van der Waals surface area contributed by atoms with Crippen LogP contribution in [0.15, 0.2) is 18.2 Å². The molecule has 2 heterocycles. The Morgan fingerprint density at radius 2 is 2.00 bits per heavy atom. The van der Waals surface area contributed by atoms with Crippen molar-refractivity contribution in [1.29, 1.82) is 0 Å². The van der Waals surface area contributed by atoms with Gasteiger partial charge in [-0.15, -0.1) is 0 Å². The molecule has 1 aromatic heterocycles. The smallest absolute Gasteiger partial charge is 0.410 e. The quantitative estimate of drug-likeness (QED) is 0.756. The summed E-state index contributed by atoms with van der Waals surface area (Å²) < 4.78 is 7.49. The average Bonchev–Trinajstić information content (AvgIpc) is 3.45. The number of nitrogens with zero attached hydrogens (tertiary/aromatic N) is 3. The third kappa shape index (κ3) is 4.28. The number of nitrogens with two attached hydrogens (primary N) is 1. The molecule has 1 aliphatic carbocycles. The molecule has 1 aromatic carbocycles. The molecule has 1 fully saturated rings. The first-order valence-corrected chi connectivity index (χ1v) is 11.1. The minimum atomic E-state index is -0.599. The van der Waals surface area contributed by atoms with E-state index in [4.69, 9.17) is 27.2 Å². The van der Waals surface area contributed by atoms with Gasteiger partial charge >= 0.3 is 6.09 Å². The Hall–Kier alpha value is -2.54. The SMILES string of the molecule is CCc1ccc(-c2nn3c(c2C(N)=O)CN(C(=O)OC(C)(C)C)C(C2CC2)C3)cc1Cl. The summed E-state index contributed by atoms with van der Waals surface area (Å²) in [7, 11) is 0. The van der Waals surface area contributed by atoms with E-state index >= 15 is 0 Å². The molecule has 8 heteroatoms. The summed E-state index contributed by atoms with van der Waals surface area (Å²) in [5.41, 5.74) is 8.44. The number of halogens is 1. The van der Waals surface area contributed by atoms with Crippen LogP contribution in [0.3, 0.4) is 0 Å². The average molecular weight is 445 g/mol. The van der Waals surface area contributed by atoms with Crippen molar-refractivity contribution >= 4 is 23.6 Å². The third-order valence-electron chi connectivity index (χ3n) is 5.89. The van der Waals surface area contributed by atoms with E-state index in [0.717, 1.165) is 30.4 Å². The standard InChI is InChI=1S/C23H29ClN4O3/c1-5-13-6-9-15(10-16(13)24)20-19(21(25)29)18-11-27(22(30)31-23(2,3)4)17(14-7-8-14)12-28(18)26-20/h6,9-10,14,17H,5,7-8,11-12H2,1-4H3,(H2,25,29). The summed E-state index contributed by atoms with van der Waals surface area (Å²) >= 11 is 6.42. The van der Waals surface area contributed by atoms with E-state index in [1.54, 1.807) is 4.90 Å². The van der Waals surface area contributed by atoms with Gasteiger partial charge in [0.15, 0.2) is 0 Å². The van der Waals surface area contributed by atoms with Crippen molar-refractivity contribution in [2.24, 2.45) is 11.7 Å². The predicted molar refractivity (Wildman–Crippen MR) is 119 cm³/mol. The van der Waals surface area contributed by atoms with Crippen LogP contribution in [0.1, 0.15) is 62.2 Å². The Bertz CT molecular complexity index is 1040. The Kier molecular flexibility index (Phi) is 5.50. The summed E-state index contributed by atoms with van der Waals surface area (Å²) in [6.07, 6.45) is 2.59. The molecule has 0 spiro atoms. The molecule has 166 valence electrons. The predicted octanol–water partition coefficient (Wildman–Crippen LogP) is 4.39. The topological polar surface area (TPSA) is 90.5 Å². The van der Waals surface area contributed by atoms with Gasteiger partial charge in [-0.1, -0.05) is 30.7 Å². The molecule has 31 heavy (non-hydrogen) atoms. The fraction of sp³-hybridized carbons (Fsp3) is 0.522. The maximum absolute atomic E-state index is 13.0. The van der Waals surface area contributed by atoms with Crippen LogP contribution in [0.25, 0.3) is 11.3 Å². The third-order valence-corrected chi connectivity index (χ3v) is 6.24. The second-order valence-corrected chi connectivity index (χ2v) is 9.80. The number of rotatable bonds is 4. The molecule has 2 N–H and O–H groups in total. The number of carbonyl (C=O) groups excluding carboxylic acids is 2. The van der Waals surface area contributed by atoms with Crippen LogP contribution in [-0.2, 0) is 24.2 Å². The van der Waals surface area contributed by atoms with Crippen molar-refractivity contribution in [3.63, 3.8) is 0 Å². The highest BCUT2D eigenvalue weighted by Crippen LogP contribution is 2.40. The van der Waals surface area contributed by atoms with Gasteiger partial charge in [0.05, 0.1) is 30.4 Å². The lowest BCUT2D eigenvalue weighted by molar-refractivity contribution is 0.00352. The summed E-state index contributed by atoms with van der Waals surface area (Å²) in [6.45, 7) is 8.34. The molecule has 1 unspecified atom stereocenters. The molecular formula is C23H29ClN4O3. The normalized spacial score (nSPS) is 18.6. The van der Waals surface area contributed by atoms with Gasteiger partial charge in [0.1, 0.15) is 11.3 Å². The Balaban J connectivity index is 1.76. The van der Waals surface area contributed by atoms with E-state index < -0.39 is 11.5 Å². The summed E-state index contributed by atoms with van der Waals surface area (Å²) in [5, 5.41) is 5.38. The van der Waals surface area contributed by atoms with Gasteiger partial charge in [-0.3, -0.25) is 14.4 Å². The van der Waals surface area contributed by atoms with Gasteiger partial charge in [0.2, 0.25) is 0 Å². The number of amides is 2. The highest BCUT2D eigenvalue weighted by atomic mass is 35.5. The second kappa shape index (κ2) is 7.86. The highest BCUT2D eigenvalue weighted by Gasteiger charge is 2.43. The minimum Gasteiger partial charge on any atom is -0.444 e. The lowest BCUT2D eigenvalue weighted by Crippen LogP contribution is -2.49. The Morgan fingerprint density at radius 1 is 1.29 bits per heavy atom. The van der Waals surface area contributed by atoms with Crippen molar-refractivity contribution in [2.75, 3.05) is 0 Å². The van der Waals surface area contributed by atoms with Gasteiger partial charge in [0.25, 0.3) is 5.91 Å².